The summed E-state index contributed by atoms with van der Waals surface area (Å²) in [5.41, 5.74) is 1.11. The van der Waals surface area contributed by atoms with Crippen LogP contribution in [-0.2, 0) is 28.1 Å². The van der Waals surface area contributed by atoms with E-state index in [4.69, 9.17) is 0 Å². The predicted molar refractivity (Wildman–Crippen MR) is 137 cm³/mol. The third-order valence-electron chi connectivity index (χ3n) is 4.55. The summed E-state index contributed by atoms with van der Waals surface area (Å²) in [5, 5.41) is 7.37. The van der Waals surface area contributed by atoms with Gasteiger partial charge in [-0.1, -0.05) is 39.8 Å². The van der Waals surface area contributed by atoms with Crippen LogP contribution < -0.4 is 10.6 Å². The number of aliphatic imine (C=N–C) groups is 1. The fourth-order valence-corrected chi connectivity index (χ4v) is 4.74. The number of hydrogen-bond donors (Lipinski definition) is 2. The third kappa shape index (κ3) is 8.14. The summed E-state index contributed by atoms with van der Waals surface area (Å²) in [6.45, 7) is 9.43. The minimum atomic E-state index is -3.34. The van der Waals surface area contributed by atoms with Gasteiger partial charge in [-0.25, -0.2) is 13.4 Å². The lowest BCUT2D eigenvalue weighted by atomic mass is 9.87. The van der Waals surface area contributed by atoms with E-state index in [2.05, 4.69) is 48.3 Å². The Hall–Kier alpha value is -1.20. The molecule has 2 N–H and O–H groups in total. The van der Waals surface area contributed by atoms with Gasteiger partial charge in [-0.05, 0) is 29.5 Å². The lowest BCUT2D eigenvalue weighted by Crippen LogP contribution is -2.40. The number of nitrogens with zero attached hydrogens (tertiary/aromatic N) is 2. The average Bonchev–Trinajstić information content (AvgIpc) is 3.14. The van der Waals surface area contributed by atoms with Crippen LogP contribution in [0, 0.1) is 0 Å². The zero-order chi connectivity index (χ0) is 21.5. The number of benzene rings is 1. The summed E-state index contributed by atoms with van der Waals surface area (Å²) < 4.78 is 25.2. The lowest BCUT2D eigenvalue weighted by Gasteiger charge is -2.19. The van der Waals surface area contributed by atoms with Gasteiger partial charge in [0.2, 0.25) is 0 Å². The Morgan fingerprint density at radius 3 is 2.30 bits per heavy atom. The number of rotatable bonds is 8. The summed E-state index contributed by atoms with van der Waals surface area (Å²) >= 11 is 1.72. The van der Waals surface area contributed by atoms with Gasteiger partial charge in [0.05, 0.1) is 15.7 Å². The number of aromatic nitrogens is 1. The maximum atomic E-state index is 12.6. The van der Waals surface area contributed by atoms with E-state index in [-0.39, 0.29) is 35.1 Å². The van der Waals surface area contributed by atoms with Crippen molar-refractivity contribution in [1.82, 2.24) is 15.6 Å². The second-order valence-corrected chi connectivity index (χ2v) is 11.2. The van der Waals surface area contributed by atoms with Crippen LogP contribution in [0.1, 0.15) is 43.1 Å². The van der Waals surface area contributed by atoms with Gasteiger partial charge in [-0.15, -0.1) is 35.3 Å². The molecule has 0 bridgehead atoms. The molecular weight excluding hydrogens is 531 g/mol. The van der Waals surface area contributed by atoms with E-state index in [9.17, 15) is 8.42 Å². The number of hydrogen-bond acceptors (Lipinski definition) is 5. The molecule has 2 aromatic rings. The van der Waals surface area contributed by atoms with E-state index < -0.39 is 9.84 Å². The second-order valence-electron chi connectivity index (χ2n) is 7.84. The zero-order valence-electron chi connectivity index (χ0n) is 18.4. The van der Waals surface area contributed by atoms with Crippen molar-refractivity contribution < 1.29 is 8.42 Å². The molecule has 0 amide bonds. The van der Waals surface area contributed by atoms with Crippen molar-refractivity contribution in [3.05, 3.63) is 45.9 Å². The Bertz CT molecular complexity index is 917. The van der Waals surface area contributed by atoms with E-state index in [1.54, 1.807) is 30.5 Å². The fourth-order valence-electron chi connectivity index (χ4n) is 2.72. The summed E-state index contributed by atoms with van der Waals surface area (Å²) in [4.78, 5) is 10.2. The molecule has 0 atom stereocenters. The zero-order valence-corrected chi connectivity index (χ0v) is 22.3. The molecule has 0 saturated heterocycles. The van der Waals surface area contributed by atoms with E-state index in [0.717, 1.165) is 23.4 Å². The van der Waals surface area contributed by atoms with Crippen LogP contribution in [-0.4, -0.2) is 45.3 Å². The van der Waals surface area contributed by atoms with Crippen molar-refractivity contribution in [3.63, 3.8) is 0 Å². The topological polar surface area (TPSA) is 83.4 Å². The maximum absolute atomic E-state index is 12.6. The van der Waals surface area contributed by atoms with Crippen LogP contribution in [0.3, 0.4) is 0 Å². The molecule has 0 unspecified atom stereocenters. The molecule has 0 aliphatic carbocycles. The fraction of sp³-hybridized carbons (Fsp3) is 0.524. The highest BCUT2D eigenvalue weighted by Gasteiger charge is 2.17. The van der Waals surface area contributed by atoms with Gasteiger partial charge in [0.25, 0.3) is 0 Å². The Balaban J connectivity index is 0.00000450. The highest BCUT2D eigenvalue weighted by molar-refractivity contribution is 14.0. The molecule has 9 heteroatoms. The molecule has 0 fully saturated rings. The summed E-state index contributed by atoms with van der Waals surface area (Å²) in [5.74, 6) is 0.602. The first kappa shape index (κ1) is 26.8. The molecule has 0 spiro atoms. The summed E-state index contributed by atoms with van der Waals surface area (Å²) in [6, 6.07) is 7.18. The first-order valence-electron chi connectivity index (χ1n) is 9.87. The van der Waals surface area contributed by atoms with Gasteiger partial charge in [0.15, 0.2) is 15.8 Å². The minimum absolute atomic E-state index is 0. The molecule has 0 aliphatic heterocycles. The van der Waals surface area contributed by atoms with Crippen LogP contribution >= 0.6 is 35.3 Å². The van der Waals surface area contributed by atoms with E-state index in [1.807, 2.05) is 18.3 Å². The number of halogens is 1. The smallest absolute Gasteiger partial charge is 0.191 e. The molecule has 1 aromatic carbocycles. The van der Waals surface area contributed by atoms with Crippen LogP contribution in [0.25, 0.3) is 0 Å². The lowest BCUT2D eigenvalue weighted by molar-refractivity contribution is 0.586. The molecule has 1 heterocycles. The molecule has 1 aromatic heterocycles. The van der Waals surface area contributed by atoms with Gasteiger partial charge < -0.3 is 10.6 Å². The first-order valence-corrected chi connectivity index (χ1v) is 12.3. The number of sulfone groups is 1. The Kier molecular flexibility index (Phi) is 10.7. The highest BCUT2D eigenvalue weighted by Crippen LogP contribution is 2.23. The van der Waals surface area contributed by atoms with Crippen LogP contribution in [0.5, 0.6) is 0 Å². The molecule has 0 saturated carbocycles. The monoisotopic (exact) mass is 564 g/mol. The van der Waals surface area contributed by atoms with E-state index >= 15 is 0 Å². The summed E-state index contributed by atoms with van der Waals surface area (Å²) in [7, 11) is -1.67. The third-order valence-corrected chi connectivity index (χ3v) is 7.48. The van der Waals surface area contributed by atoms with Crippen LogP contribution in [0.2, 0.25) is 0 Å². The average molecular weight is 565 g/mol. The number of thiazole rings is 1. The van der Waals surface area contributed by atoms with E-state index in [0.29, 0.717) is 23.9 Å². The molecule has 2 rings (SSSR count). The van der Waals surface area contributed by atoms with Gasteiger partial charge in [-0.3, -0.25) is 4.99 Å². The van der Waals surface area contributed by atoms with Crippen LogP contribution in [0.15, 0.2) is 40.4 Å². The molecule has 0 radical (unpaired) electrons. The Morgan fingerprint density at radius 2 is 1.77 bits per heavy atom. The largest absolute Gasteiger partial charge is 0.356 e. The summed E-state index contributed by atoms with van der Waals surface area (Å²) in [6.07, 6.45) is 3.73. The normalized spacial score (nSPS) is 12.4. The van der Waals surface area contributed by atoms with Gasteiger partial charge in [0, 0.05) is 37.6 Å². The van der Waals surface area contributed by atoms with Gasteiger partial charge >= 0.3 is 0 Å². The second kappa shape index (κ2) is 12.0. The first-order chi connectivity index (χ1) is 13.7. The van der Waals surface area contributed by atoms with Crippen molar-refractivity contribution in [3.8, 4) is 0 Å². The highest BCUT2D eigenvalue weighted by atomic mass is 127. The number of aryl methyl sites for hydroxylation is 1. The SMILES string of the molecule is CCc1cnc(CCNC(=NC)NCCS(=O)(=O)c2ccc(C(C)(C)C)cc2)s1.I. The number of nitrogens with one attached hydrogen (secondary N) is 2. The molecule has 30 heavy (non-hydrogen) atoms. The Labute approximate surface area is 201 Å². The molecular formula is C21H33IN4O2S2. The van der Waals surface area contributed by atoms with Crippen molar-refractivity contribution in [1.29, 1.82) is 0 Å². The molecule has 168 valence electrons. The number of guanidine groups is 1. The van der Waals surface area contributed by atoms with Crippen molar-refractivity contribution >= 4 is 51.1 Å². The minimum Gasteiger partial charge on any atom is -0.356 e. The van der Waals surface area contributed by atoms with Gasteiger partial charge in [-0.2, -0.15) is 0 Å². The standard InChI is InChI=1S/C21H32N4O2S2.HI/c1-6-17-15-25-19(28-17)11-12-23-20(22-5)24-13-14-29(26,27)18-9-7-16(8-10-18)21(2,3)4;/h7-10,15H,6,11-14H2,1-5H3,(H2,22,23,24);1H. The van der Waals surface area contributed by atoms with Crippen molar-refractivity contribution in [2.24, 2.45) is 4.99 Å². The van der Waals surface area contributed by atoms with Gasteiger partial charge in [0.1, 0.15) is 0 Å². The van der Waals surface area contributed by atoms with Crippen molar-refractivity contribution in [2.45, 2.75) is 50.8 Å². The molecule has 0 aliphatic rings. The maximum Gasteiger partial charge on any atom is 0.191 e. The van der Waals surface area contributed by atoms with E-state index in [1.165, 1.54) is 4.88 Å². The Morgan fingerprint density at radius 1 is 1.13 bits per heavy atom. The van der Waals surface area contributed by atoms with Crippen LogP contribution in [0.4, 0.5) is 0 Å². The molecule has 6 nitrogen and oxygen atoms in total. The van der Waals surface area contributed by atoms with Crippen molar-refractivity contribution in [2.75, 3.05) is 25.9 Å². The predicted octanol–water partition coefficient (Wildman–Crippen LogP) is 3.80. The quantitative estimate of drug-likeness (QED) is 0.290.